The monoisotopic (exact) mass is 244 g/mol. The van der Waals surface area contributed by atoms with E-state index in [0.29, 0.717) is 12.2 Å². The lowest BCUT2D eigenvalue weighted by molar-refractivity contribution is 0.0666. The van der Waals surface area contributed by atoms with Gasteiger partial charge in [0.15, 0.2) is 5.65 Å². The zero-order chi connectivity index (χ0) is 12.5. The largest absolute Gasteiger partial charge is 0.299 e. The van der Waals surface area contributed by atoms with Crippen LogP contribution in [0.15, 0.2) is 24.7 Å². The molecule has 0 radical (unpaired) electrons. The Labute approximate surface area is 108 Å². The maximum Gasteiger partial charge on any atom is 0.161 e. The zero-order valence-corrected chi connectivity index (χ0v) is 11.1. The maximum absolute atomic E-state index is 4.48. The number of imidazole rings is 1. The van der Waals surface area contributed by atoms with Gasteiger partial charge in [-0.2, -0.15) is 0 Å². The number of nitrogens with zero attached hydrogens (tertiary/aromatic N) is 4. The van der Waals surface area contributed by atoms with E-state index in [4.69, 9.17) is 0 Å². The highest BCUT2D eigenvalue weighted by atomic mass is 15.3. The average molecular weight is 244 g/mol. The number of hydrogen-bond acceptors (Lipinski definition) is 3. The summed E-state index contributed by atoms with van der Waals surface area (Å²) in [5.74, 6) is 0. The Morgan fingerprint density at radius 2 is 2.17 bits per heavy atom. The van der Waals surface area contributed by atoms with Crippen molar-refractivity contribution < 1.29 is 0 Å². The highest BCUT2D eigenvalue weighted by Crippen LogP contribution is 2.29. The van der Waals surface area contributed by atoms with Crippen molar-refractivity contribution in [3.63, 3.8) is 0 Å². The van der Waals surface area contributed by atoms with Gasteiger partial charge in [0, 0.05) is 18.8 Å². The summed E-state index contributed by atoms with van der Waals surface area (Å²) < 4.78 is 2.24. The maximum atomic E-state index is 4.48. The van der Waals surface area contributed by atoms with Crippen LogP contribution in [0.4, 0.5) is 0 Å². The van der Waals surface area contributed by atoms with Crippen LogP contribution in [-0.4, -0.2) is 32.0 Å². The molecule has 0 aliphatic carbocycles. The van der Waals surface area contributed by atoms with E-state index in [2.05, 4.69) is 33.3 Å². The third-order valence-corrected chi connectivity index (χ3v) is 3.83. The van der Waals surface area contributed by atoms with Crippen molar-refractivity contribution in [2.45, 2.75) is 45.3 Å². The second-order valence-electron chi connectivity index (χ2n) is 5.31. The standard InChI is InChI=1S/C14H20N4/c1-11(2)17-9-4-3-7-13(17)18-10-16-12-6-5-8-15-14(12)18/h5-6,8,10-11,13H,3-4,7,9H2,1-2H3. The fourth-order valence-electron chi connectivity index (χ4n) is 2.92. The molecule has 1 saturated heterocycles. The van der Waals surface area contributed by atoms with Crippen LogP contribution in [0.25, 0.3) is 11.2 Å². The second-order valence-corrected chi connectivity index (χ2v) is 5.31. The Morgan fingerprint density at radius 1 is 1.28 bits per heavy atom. The van der Waals surface area contributed by atoms with Crippen LogP contribution in [0.5, 0.6) is 0 Å². The molecular formula is C14H20N4. The molecule has 1 aliphatic rings. The molecule has 18 heavy (non-hydrogen) atoms. The van der Waals surface area contributed by atoms with Gasteiger partial charge in [-0.15, -0.1) is 0 Å². The van der Waals surface area contributed by atoms with Gasteiger partial charge in [-0.25, -0.2) is 9.97 Å². The first kappa shape index (κ1) is 11.7. The van der Waals surface area contributed by atoms with Gasteiger partial charge < -0.3 is 0 Å². The van der Waals surface area contributed by atoms with Crippen molar-refractivity contribution in [1.82, 2.24) is 19.4 Å². The Bertz CT molecular complexity index is 531. The third-order valence-electron chi connectivity index (χ3n) is 3.83. The lowest BCUT2D eigenvalue weighted by Crippen LogP contribution is -2.41. The molecule has 0 bridgehead atoms. The molecule has 0 aromatic carbocycles. The summed E-state index contributed by atoms with van der Waals surface area (Å²) in [6, 6.07) is 4.54. The SMILES string of the molecule is CC(C)N1CCCCC1n1cnc2cccnc21. The van der Waals surface area contributed by atoms with E-state index in [1.807, 2.05) is 24.7 Å². The topological polar surface area (TPSA) is 34.0 Å². The average Bonchev–Trinajstić information content (AvgIpc) is 2.82. The van der Waals surface area contributed by atoms with Crippen molar-refractivity contribution in [3.8, 4) is 0 Å². The number of aromatic nitrogens is 3. The number of pyridine rings is 1. The fraction of sp³-hybridized carbons (Fsp3) is 0.571. The Kier molecular flexibility index (Phi) is 3.04. The molecule has 4 nitrogen and oxygen atoms in total. The number of hydrogen-bond donors (Lipinski definition) is 0. The third kappa shape index (κ3) is 1.90. The van der Waals surface area contributed by atoms with Crippen molar-refractivity contribution in [2.24, 2.45) is 0 Å². The normalized spacial score (nSPS) is 21.8. The molecule has 4 heteroatoms. The van der Waals surface area contributed by atoms with Crippen LogP contribution in [0.3, 0.4) is 0 Å². The lowest BCUT2D eigenvalue weighted by Gasteiger charge is -2.39. The van der Waals surface area contributed by atoms with Gasteiger partial charge in [0.05, 0.1) is 12.5 Å². The lowest BCUT2D eigenvalue weighted by atomic mass is 10.1. The van der Waals surface area contributed by atoms with Crippen LogP contribution < -0.4 is 0 Å². The molecule has 96 valence electrons. The summed E-state index contributed by atoms with van der Waals surface area (Å²) >= 11 is 0. The van der Waals surface area contributed by atoms with Crippen LogP contribution in [0.2, 0.25) is 0 Å². The van der Waals surface area contributed by atoms with E-state index >= 15 is 0 Å². The summed E-state index contributed by atoms with van der Waals surface area (Å²) in [6.45, 7) is 5.71. The second kappa shape index (κ2) is 4.69. The van der Waals surface area contributed by atoms with Crippen LogP contribution >= 0.6 is 0 Å². The number of rotatable bonds is 2. The first-order valence-electron chi connectivity index (χ1n) is 6.80. The minimum atomic E-state index is 0.415. The summed E-state index contributed by atoms with van der Waals surface area (Å²) in [4.78, 5) is 11.5. The Morgan fingerprint density at radius 3 is 3.00 bits per heavy atom. The minimum absolute atomic E-state index is 0.415. The Hall–Kier alpha value is -1.42. The van der Waals surface area contributed by atoms with Gasteiger partial charge in [0.25, 0.3) is 0 Å². The Balaban J connectivity index is 2.01. The van der Waals surface area contributed by atoms with Gasteiger partial charge in [0.1, 0.15) is 5.52 Å². The molecule has 1 atom stereocenters. The molecule has 1 aliphatic heterocycles. The molecule has 2 aromatic heterocycles. The predicted octanol–water partition coefficient (Wildman–Crippen LogP) is 2.82. The number of fused-ring (bicyclic) bond motifs is 1. The summed E-state index contributed by atoms with van der Waals surface area (Å²) in [5.41, 5.74) is 2.00. The van der Waals surface area contributed by atoms with Crippen molar-refractivity contribution >= 4 is 11.2 Å². The molecule has 3 rings (SSSR count). The number of piperidine rings is 1. The van der Waals surface area contributed by atoms with Crippen molar-refractivity contribution in [2.75, 3.05) is 6.54 Å². The molecule has 0 spiro atoms. The van der Waals surface area contributed by atoms with E-state index in [1.165, 1.54) is 25.8 Å². The van der Waals surface area contributed by atoms with Crippen LogP contribution in [0, 0.1) is 0 Å². The summed E-state index contributed by atoms with van der Waals surface area (Å²) in [7, 11) is 0. The molecule has 1 unspecified atom stereocenters. The molecule has 3 heterocycles. The van der Waals surface area contributed by atoms with E-state index in [0.717, 1.165) is 11.2 Å². The van der Waals surface area contributed by atoms with E-state index in [-0.39, 0.29) is 0 Å². The predicted molar refractivity (Wildman–Crippen MR) is 72.3 cm³/mol. The molecular weight excluding hydrogens is 224 g/mol. The molecule has 0 N–H and O–H groups in total. The van der Waals surface area contributed by atoms with Gasteiger partial charge >= 0.3 is 0 Å². The van der Waals surface area contributed by atoms with Gasteiger partial charge in [0.2, 0.25) is 0 Å². The fourth-order valence-corrected chi connectivity index (χ4v) is 2.92. The molecule has 1 fully saturated rings. The van der Waals surface area contributed by atoms with Crippen LogP contribution in [-0.2, 0) is 0 Å². The van der Waals surface area contributed by atoms with Crippen LogP contribution in [0.1, 0.15) is 39.3 Å². The van der Waals surface area contributed by atoms with Gasteiger partial charge in [-0.3, -0.25) is 9.47 Å². The molecule has 2 aromatic rings. The summed E-state index contributed by atoms with van der Waals surface area (Å²) in [6.07, 6.45) is 8.00. The van der Waals surface area contributed by atoms with E-state index in [1.54, 1.807) is 0 Å². The minimum Gasteiger partial charge on any atom is -0.299 e. The van der Waals surface area contributed by atoms with Crippen molar-refractivity contribution in [1.29, 1.82) is 0 Å². The summed E-state index contributed by atoms with van der Waals surface area (Å²) in [5, 5.41) is 0. The number of likely N-dealkylation sites (tertiary alicyclic amines) is 1. The smallest absolute Gasteiger partial charge is 0.161 e. The molecule has 0 saturated carbocycles. The van der Waals surface area contributed by atoms with E-state index < -0.39 is 0 Å². The van der Waals surface area contributed by atoms with E-state index in [9.17, 15) is 0 Å². The van der Waals surface area contributed by atoms with Gasteiger partial charge in [-0.05, 0) is 45.2 Å². The van der Waals surface area contributed by atoms with Gasteiger partial charge in [-0.1, -0.05) is 0 Å². The quantitative estimate of drug-likeness (QED) is 0.814. The van der Waals surface area contributed by atoms with Crippen molar-refractivity contribution in [3.05, 3.63) is 24.7 Å². The first-order valence-corrected chi connectivity index (χ1v) is 6.80. The molecule has 0 amide bonds. The highest BCUT2D eigenvalue weighted by Gasteiger charge is 2.26. The first-order chi connectivity index (χ1) is 8.77. The zero-order valence-electron chi connectivity index (χ0n) is 11.1. The highest BCUT2D eigenvalue weighted by molar-refractivity contribution is 5.70.